The Balaban J connectivity index is 1.72. The fourth-order valence-corrected chi connectivity index (χ4v) is 3.70. The molecule has 0 bridgehead atoms. The van der Waals surface area contributed by atoms with Crippen molar-refractivity contribution in [2.75, 3.05) is 0 Å². The standard InChI is InChI=1S/C14H16F3N5O2S2/c1-7-6-26-11(19-7)13(24,14(15,16)17)4-10(23)18-5-9-20-21-12(25)22(9)8-2-3-8/h6,8,24H,2-5H2,1H3,(H,18,23)(H,21,25). The number of carbonyl (C=O) groups is 1. The van der Waals surface area contributed by atoms with Crippen LogP contribution in [0.4, 0.5) is 13.2 Å². The lowest BCUT2D eigenvalue weighted by atomic mass is 9.99. The number of alkyl halides is 3. The highest BCUT2D eigenvalue weighted by molar-refractivity contribution is 7.71. The van der Waals surface area contributed by atoms with E-state index in [9.17, 15) is 23.1 Å². The van der Waals surface area contributed by atoms with Crippen LogP contribution in [0.1, 0.15) is 41.8 Å². The summed E-state index contributed by atoms with van der Waals surface area (Å²) in [5.74, 6) is -0.527. The van der Waals surface area contributed by atoms with Gasteiger partial charge in [0.2, 0.25) is 11.5 Å². The van der Waals surface area contributed by atoms with Gasteiger partial charge < -0.3 is 10.4 Å². The Kier molecular flexibility index (Phi) is 4.92. The number of thiazole rings is 1. The van der Waals surface area contributed by atoms with Crippen LogP contribution in [0.25, 0.3) is 0 Å². The first-order valence-electron chi connectivity index (χ1n) is 7.76. The monoisotopic (exact) mass is 407 g/mol. The number of nitrogens with zero attached hydrogens (tertiary/aromatic N) is 3. The maximum atomic E-state index is 13.4. The smallest absolute Gasteiger partial charge is 0.374 e. The van der Waals surface area contributed by atoms with Gasteiger partial charge in [0.15, 0.2) is 10.6 Å². The summed E-state index contributed by atoms with van der Waals surface area (Å²) >= 11 is 5.77. The second-order valence-electron chi connectivity index (χ2n) is 6.15. The molecule has 0 saturated heterocycles. The summed E-state index contributed by atoms with van der Waals surface area (Å²) in [5.41, 5.74) is -3.00. The number of hydrogen-bond acceptors (Lipinski definition) is 6. The largest absolute Gasteiger partial charge is 0.424 e. The number of rotatable bonds is 6. The molecular weight excluding hydrogens is 391 g/mol. The van der Waals surface area contributed by atoms with Crippen LogP contribution in [0.5, 0.6) is 0 Å². The van der Waals surface area contributed by atoms with Gasteiger partial charge in [0.05, 0.1) is 13.0 Å². The molecule has 0 aromatic carbocycles. The van der Waals surface area contributed by atoms with E-state index < -0.39 is 29.1 Å². The number of aliphatic hydroxyl groups is 1. The number of carbonyl (C=O) groups excluding carboxylic acids is 1. The second-order valence-corrected chi connectivity index (χ2v) is 7.40. The molecular formula is C14H16F3N5O2S2. The lowest BCUT2D eigenvalue weighted by molar-refractivity contribution is -0.267. The molecule has 2 aromatic heterocycles. The number of aromatic nitrogens is 4. The van der Waals surface area contributed by atoms with E-state index in [1.165, 1.54) is 12.3 Å². The van der Waals surface area contributed by atoms with Crippen molar-refractivity contribution in [3.63, 3.8) is 0 Å². The normalized spacial score (nSPS) is 17.1. The number of nitrogens with one attached hydrogen (secondary N) is 2. The summed E-state index contributed by atoms with van der Waals surface area (Å²) < 4.78 is 42.4. The average Bonchev–Trinajstić information content (AvgIpc) is 3.17. The number of amides is 1. The van der Waals surface area contributed by atoms with Crippen molar-refractivity contribution in [2.45, 2.75) is 50.6 Å². The van der Waals surface area contributed by atoms with E-state index in [2.05, 4.69) is 20.5 Å². The third kappa shape index (κ3) is 3.67. The number of aromatic amines is 1. The Morgan fingerprint density at radius 2 is 2.23 bits per heavy atom. The molecule has 1 saturated carbocycles. The lowest BCUT2D eigenvalue weighted by Gasteiger charge is -2.27. The van der Waals surface area contributed by atoms with Crippen molar-refractivity contribution in [1.29, 1.82) is 0 Å². The Hall–Kier alpha value is -1.79. The zero-order valence-electron chi connectivity index (χ0n) is 13.6. The third-order valence-electron chi connectivity index (χ3n) is 3.99. The van der Waals surface area contributed by atoms with Gasteiger partial charge in [0.1, 0.15) is 5.01 Å². The first-order valence-corrected chi connectivity index (χ1v) is 9.05. The first-order chi connectivity index (χ1) is 12.1. The summed E-state index contributed by atoms with van der Waals surface area (Å²) in [6.45, 7) is 1.42. The summed E-state index contributed by atoms with van der Waals surface area (Å²) in [4.78, 5) is 15.8. The number of halogens is 3. The summed E-state index contributed by atoms with van der Waals surface area (Å²) in [6, 6.07) is 0.207. The molecule has 1 unspecified atom stereocenters. The zero-order valence-corrected chi connectivity index (χ0v) is 15.3. The van der Waals surface area contributed by atoms with Crippen molar-refractivity contribution >= 4 is 29.5 Å². The molecule has 2 aromatic rings. The number of aryl methyl sites for hydroxylation is 1. The molecule has 1 amide bonds. The van der Waals surface area contributed by atoms with E-state index in [1.807, 2.05) is 0 Å². The minimum atomic E-state index is -5.04. The van der Waals surface area contributed by atoms with Gasteiger partial charge in [-0.3, -0.25) is 14.5 Å². The summed E-state index contributed by atoms with van der Waals surface area (Å²) in [7, 11) is 0. The van der Waals surface area contributed by atoms with Crippen LogP contribution in [-0.4, -0.2) is 36.9 Å². The average molecular weight is 407 g/mol. The molecule has 3 rings (SSSR count). The molecule has 1 aliphatic rings. The molecule has 26 heavy (non-hydrogen) atoms. The van der Waals surface area contributed by atoms with Gasteiger partial charge in [-0.05, 0) is 32.0 Å². The molecule has 1 aliphatic carbocycles. The van der Waals surface area contributed by atoms with E-state index in [0.29, 0.717) is 27.6 Å². The van der Waals surface area contributed by atoms with Crippen molar-refractivity contribution in [3.05, 3.63) is 26.7 Å². The molecule has 0 aliphatic heterocycles. The van der Waals surface area contributed by atoms with Crippen molar-refractivity contribution in [3.8, 4) is 0 Å². The maximum absolute atomic E-state index is 13.4. The van der Waals surface area contributed by atoms with Crippen LogP contribution in [0, 0.1) is 11.7 Å². The summed E-state index contributed by atoms with van der Waals surface area (Å²) in [5, 5.41) is 20.0. The quantitative estimate of drug-likeness (QED) is 0.640. The van der Waals surface area contributed by atoms with Crippen LogP contribution in [0.15, 0.2) is 5.38 Å². The van der Waals surface area contributed by atoms with E-state index in [0.717, 1.165) is 12.8 Å². The minimum Gasteiger partial charge on any atom is -0.374 e. The fourth-order valence-electron chi connectivity index (χ4n) is 2.48. The molecule has 0 radical (unpaired) electrons. The highest BCUT2D eigenvalue weighted by Crippen LogP contribution is 2.42. The van der Waals surface area contributed by atoms with Crippen molar-refractivity contribution in [1.82, 2.24) is 25.1 Å². The SMILES string of the molecule is Cc1csc(C(O)(CC(=O)NCc2n[nH]c(=S)n2C2CC2)C(F)(F)F)n1. The second kappa shape index (κ2) is 6.74. The van der Waals surface area contributed by atoms with Gasteiger partial charge in [0, 0.05) is 17.1 Å². The van der Waals surface area contributed by atoms with E-state index >= 15 is 0 Å². The molecule has 7 nitrogen and oxygen atoms in total. The predicted octanol–water partition coefficient (Wildman–Crippen LogP) is 2.50. The first kappa shape index (κ1) is 19.0. The number of hydrogen-bond donors (Lipinski definition) is 3. The molecule has 1 fully saturated rings. The lowest BCUT2D eigenvalue weighted by Crippen LogP contribution is -2.46. The highest BCUT2D eigenvalue weighted by Gasteiger charge is 2.58. The number of H-pyrrole nitrogens is 1. The van der Waals surface area contributed by atoms with Crippen LogP contribution in [0.3, 0.4) is 0 Å². The molecule has 1 atom stereocenters. The van der Waals surface area contributed by atoms with E-state index in [-0.39, 0.29) is 12.6 Å². The highest BCUT2D eigenvalue weighted by atomic mass is 32.1. The third-order valence-corrected chi connectivity index (χ3v) is 5.39. The zero-order chi connectivity index (χ0) is 19.1. The van der Waals surface area contributed by atoms with Gasteiger partial charge in [-0.25, -0.2) is 4.98 Å². The van der Waals surface area contributed by atoms with Gasteiger partial charge >= 0.3 is 6.18 Å². The molecule has 12 heteroatoms. The molecule has 142 valence electrons. The maximum Gasteiger partial charge on any atom is 0.424 e. The predicted molar refractivity (Wildman–Crippen MR) is 88.9 cm³/mol. The molecule has 2 heterocycles. The van der Waals surface area contributed by atoms with Gasteiger partial charge in [-0.15, -0.1) is 11.3 Å². The van der Waals surface area contributed by atoms with Gasteiger partial charge in [-0.1, -0.05) is 0 Å². The summed E-state index contributed by atoms with van der Waals surface area (Å²) in [6.07, 6.45) is -4.35. The van der Waals surface area contributed by atoms with Gasteiger partial charge in [0.25, 0.3) is 0 Å². The Morgan fingerprint density at radius 1 is 1.54 bits per heavy atom. The Bertz CT molecular complexity index is 871. The van der Waals surface area contributed by atoms with Crippen molar-refractivity contribution in [2.24, 2.45) is 0 Å². The Morgan fingerprint density at radius 3 is 2.77 bits per heavy atom. The Labute approximate surface area is 155 Å². The van der Waals surface area contributed by atoms with Crippen LogP contribution >= 0.6 is 23.6 Å². The van der Waals surface area contributed by atoms with Crippen LogP contribution in [-0.2, 0) is 16.9 Å². The van der Waals surface area contributed by atoms with Crippen LogP contribution < -0.4 is 5.32 Å². The van der Waals surface area contributed by atoms with Crippen LogP contribution in [0.2, 0.25) is 0 Å². The minimum absolute atomic E-state index is 0.0900. The topological polar surface area (TPSA) is 95.8 Å². The van der Waals surface area contributed by atoms with E-state index in [4.69, 9.17) is 12.2 Å². The van der Waals surface area contributed by atoms with Crippen molar-refractivity contribution < 1.29 is 23.1 Å². The van der Waals surface area contributed by atoms with E-state index in [1.54, 1.807) is 4.57 Å². The molecule has 3 N–H and O–H groups in total. The van der Waals surface area contributed by atoms with Gasteiger partial charge in [-0.2, -0.15) is 18.3 Å². The molecule has 0 spiro atoms. The fraction of sp³-hybridized carbons (Fsp3) is 0.571.